The van der Waals surface area contributed by atoms with E-state index in [-0.39, 0.29) is 11.7 Å². The van der Waals surface area contributed by atoms with Gasteiger partial charge in [-0.25, -0.2) is 4.98 Å². The van der Waals surface area contributed by atoms with Gasteiger partial charge in [-0.05, 0) is 24.6 Å². The molecule has 28 heavy (non-hydrogen) atoms. The second kappa shape index (κ2) is 8.68. The fourth-order valence-electron chi connectivity index (χ4n) is 3.16. The van der Waals surface area contributed by atoms with Gasteiger partial charge >= 0.3 is 0 Å². The van der Waals surface area contributed by atoms with E-state index in [9.17, 15) is 4.79 Å². The molecule has 0 bridgehead atoms. The number of carbonyl (C=O) groups is 1. The van der Waals surface area contributed by atoms with Gasteiger partial charge in [0.15, 0.2) is 5.13 Å². The smallest absolute Gasteiger partial charge is 0.298 e. The van der Waals surface area contributed by atoms with Gasteiger partial charge in [0.25, 0.3) is 5.91 Å². The lowest BCUT2D eigenvalue weighted by molar-refractivity contribution is 0.0376. The number of carbonyl (C=O) groups excluding carboxylic acids is 1. The fraction of sp³-hybridized carbons (Fsp3) is 0.421. The summed E-state index contributed by atoms with van der Waals surface area (Å²) in [5.41, 5.74) is 0.837. The van der Waals surface area contributed by atoms with Crippen LogP contribution in [0.5, 0.6) is 5.75 Å². The molecule has 0 spiro atoms. The summed E-state index contributed by atoms with van der Waals surface area (Å²) in [5.74, 6) is 0.747. The van der Waals surface area contributed by atoms with Crippen molar-refractivity contribution in [2.45, 2.75) is 6.42 Å². The average Bonchev–Trinajstić information content (AvgIpc) is 3.40. The van der Waals surface area contributed by atoms with Crippen LogP contribution in [0.25, 0.3) is 10.2 Å². The molecule has 4 rings (SSSR count). The SMILES string of the molecule is COc1ccc2nc(N(CCCN3CCOCC3)C(=O)c3ccno3)sc2c1. The Morgan fingerprint density at radius 1 is 1.32 bits per heavy atom. The highest BCUT2D eigenvalue weighted by Crippen LogP contribution is 2.32. The van der Waals surface area contributed by atoms with E-state index < -0.39 is 0 Å². The van der Waals surface area contributed by atoms with E-state index in [2.05, 4.69) is 15.0 Å². The Labute approximate surface area is 166 Å². The molecule has 3 heterocycles. The number of benzene rings is 1. The maximum absolute atomic E-state index is 13.0. The second-order valence-corrected chi connectivity index (χ2v) is 7.48. The summed E-state index contributed by atoms with van der Waals surface area (Å²) in [5, 5.41) is 4.31. The molecule has 0 N–H and O–H groups in total. The van der Waals surface area contributed by atoms with E-state index in [1.165, 1.54) is 17.5 Å². The van der Waals surface area contributed by atoms with Crippen LogP contribution in [0.3, 0.4) is 0 Å². The van der Waals surface area contributed by atoms with Crippen molar-refractivity contribution in [3.63, 3.8) is 0 Å². The number of hydrogen-bond acceptors (Lipinski definition) is 8. The molecule has 148 valence electrons. The van der Waals surface area contributed by atoms with Gasteiger partial charge in [0, 0.05) is 32.2 Å². The number of thiazole rings is 1. The third-order valence-electron chi connectivity index (χ3n) is 4.67. The Hall–Kier alpha value is -2.49. The van der Waals surface area contributed by atoms with Crippen LogP contribution in [0.4, 0.5) is 5.13 Å². The minimum atomic E-state index is -0.231. The summed E-state index contributed by atoms with van der Waals surface area (Å²) in [7, 11) is 1.63. The summed E-state index contributed by atoms with van der Waals surface area (Å²) >= 11 is 1.46. The molecule has 8 nitrogen and oxygen atoms in total. The third kappa shape index (κ3) is 4.16. The summed E-state index contributed by atoms with van der Waals surface area (Å²) in [6.07, 6.45) is 2.31. The first kappa shape index (κ1) is 18.9. The van der Waals surface area contributed by atoms with Crippen molar-refractivity contribution < 1.29 is 18.8 Å². The van der Waals surface area contributed by atoms with Crippen molar-refractivity contribution in [1.82, 2.24) is 15.0 Å². The van der Waals surface area contributed by atoms with Gasteiger partial charge in [-0.3, -0.25) is 14.6 Å². The number of rotatable bonds is 7. The monoisotopic (exact) mass is 402 g/mol. The fourth-order valence-corrected chi connectivity index (χ4v) is 4.17. The van der Waals surface area contributed by atoms with Gasteiger partial charge in [0.2, 0.25) is 5.76 Å². The Kier molecular flexibility index (Phi) is 5.84. The van der Waals surface area contributed by atoms with Crippen molar-refractivity contribution in [3.8, 4) is 5.75 Å². The van der Waals surface area contributed by atoms with Crippen molar-refractivity contribution in [2.24, 2.45) is 0 Å². The van der Waals surface area contributed by atoms with Gasteiger partial charge in [0.1, 0.15) is 5.75 Å². The lowest BCUT2D eigenvalue weighted by Crippen LogP contribution is -2.39. The number of anilines is 1. The van der Waals surface area contributed by atoms with E-state index in [1.54, 1.807) is 18.1 Å². The van der Waals surface area contributed by atoms with E-state index >= 15 is 0 Å². The Morgan fingerprint density at radius 3 is 2.93 bits per heavy atom. The summed E-state index contributed by atoms with van der Waals surface area (Å²) in [4.78, 5) is 21.7. The molecule has 0 atom stereocenters. The highest BCUT2D eigenvalue weighted by atomic mass is 32.1. The number of amides is 1. The van der Waals surface area contributed by atoms with Crippen LogP contribution in [0, 0.1) is 0 Å². The summed E-state index contributed by atoms with van der Waals surface area (Å²) in [6, 6.07) is 7.28. The van der Waals surface area contributed by atoms with Gasteiger partial charge < -0.3 is 14.0 Å². The van der Waals surface area contributed by atoms with Crippen molar-refractivity contribution in [1.29, 1.82) is 0 Å². The Bertz CT molecular complexity index is 921. The van der Waals surface area contributed by atoms with Crippen LogP contribution >= 0.6 is 11.3 Å². The van der Waals surface area contributed by atoms with Crippen LogP contribution in [0.2, 0.25) is 0 Å². The maximum atomic E-state index is 13.0. The third-order valence-corrected chi connectivity index (χ3v) is 5.71. The first-order chi connectivity index (χ1) is 13.7. The van der Waals surface area contributed by atoms with Gasteiger partial charge in [0.05, 0.1) is 36.7 Å². The molecule has 1 amide bonds. The van der Waals surface area contributed by atoms with Crippen LogP contribution in [0.1, 0.15) is 17.0 Å². The normalized spacial score (nSPS) is 15.0. The minimum Gasteiger partial charge on any atom is -0.497 e. The van der Waals surface area contributed by atoms with E-state index in [0.29, 0.717) is 11.7 Å². The molecule has 2 aromatic heterocycles. The lowest BCUT2D eigenvalue weighted by atomic mass is 10.3. The number of fused-ring (bicyclic) bond motifs is 1. The summed E-state index contributed by atoms with van der Waals surface area (Å²) < 4.78 is 16.7. The number of morpholine rings is 1. The molecular weight excluding hydrogens is 380 g/mol. The predicted octanol–water partition coefficient (Wildman–Crippen LogP) is 2.66. The predicted molar refractivity (Wildman–Crippen MR) is 106 cm³/mol. The summed E-state index contributed by atoms with van der Waals surface area (Å²) in [6.45, 7) is 4.84. The van der Waals surface area contributed by atoms with Gasteiger partial charge in [-0.15, -0.1) is 0 Å². The van der Waals surface area contributed by atoms with Crippen molar-refractivity contribution in [2.75, 3.05) is 51.4 Å². The molecule has 1 aromatic carbocycles. The van der Waals surface area contributed by atoms with Gasteiger partial charge in [-0.1, -0.05) is 16.5 Å². The number of ether oxygens (including phenoxy) is 2. The number of aromatic nitrogens is 2. The molecule has 1 saturated heterocycles. The molecule has 1 aliphatic rings. The molecule has 0 unspecified atom stereocenters. The van der Waals surface area contributed by atoms with Gasteiger partial charge in [-0.2, -0.15) is 0 Å². The van der Waals surface area contributed by atoms with Crippen LogP contribution < -0.4 is 9.64 Å². The number of methoxy groups -OCH3 is 1. The number of hydrogen-bond donors (Lipinski definition) is 0. The van der Waals surface area contributed by atoms with Crippen LogP contribution in [-0.2, 0) is 4.74 Å². The zero-order valence-electron chi connectivity index (χ0n) is 15.7. The van der Waals surface area contributed by atoms with Crippen molar-refractivity contribution >= 4 is 32.6 Å². The molecule has 0 aliphatic carbocycles. The highest BCUT2D eigenvalue weighted by Gasteiger charge is 2.24. The van der Waals surface area contributed by atoms with E-state index in [0.717, 1.165) is 55.2 Å². The second-order valence-electron chi connectivity index (χ2n) is 6.47. The molecule has 0 saturated carbocycles. The topological polar surface area (TPSA) is 80.9 Å². The van der Waals surface area contributed by atoms with E-state index in [4.69, 9.17) is 14.0 Å². The Balaban J connectivity index is 1.54. The zero-order chi connectivity index (χ0) is 19.3. The Morgan fingerprint density at radius 2 is 2.18 bits per heavy atom. The molecule has 1 aliphatic heterocycles. The molecule has 3 aromatic rings. The maximum Gasteiger partial charge on any atom is 0.298 e. The molecular formula is C19H22N4O4S. The highest BCUT2D eigenvalue weighted by molar-refractivity contribution is 7.22. The largest absolute Gasteiger partial charge is 0.497 e. The zero-order valence-corrected chi connectivity index (χ0v) is 16.5. The average molecular weight is 402 g/mol. The lowest BCUT2D eigenvalue weighted by Gasteiger charge is -2.27. The number of nitrogens with zero attached hydrogens (tertiary/aromatic N) is 4. The minimum absolute atomic E-state index is 0.211. The van der Waals surface area contributed by atoms with Crippen LogP contribution in [0.15, 0.2) is 35.0 Å². The first-order valence-electron chi connectivity index (χ1n) is 9.22. The van der Waals surface area contributed by atoms with Crippen LogP contribution in [-0.4, -0.2) is 67.5 Å². The molecule has 0 radical (unpaired) electrons. The van der Waals surface area contributed by atoms with E-state index in [1.807, 2.05) is 18.2 Å². The molecule has 1 fully saturated rings. The van der Waals surface area contributed by atoms with Crippen molar-refractivity contribution in [3.05, 3.63) is 36.2 Å². The standard InChI is InChI=1S/C19H22N4O4S/c1-25-14-3-4-15-17(13-14)28-19(21-15)23(18(24)16-5-6-20-27-16)8-2-7-22-9-11-26-12-10-22/h3-6,13H,2,7-12H2,1H3. The quantitative estimate of drug-likeness (QED) is 0.601. The molecule has 9 heteroatoms. The first-order valence-corrected chi connectivity index (χ1v) is 10.0.